The number of benzene rings is 1. The summed E-state index contributed by atoms with van der Waals surface area (Å²) in [5, 5.41) is 0.832. The summed E-state index contributed by atoms with van der Waals surface area (Å²) >= 11 is 0. The molecule has 1 aliphatic carbocycles. The van der Waals surface area contributed by atoms with Crippen LogP contribution in [0.4, 0.5) is 0 Å². The van der Waals surface area contributed by atoms with Gasteiger partial charge in [-0.05, 0) is 61.6 Å². The number of aromatic amines is 1. The van der Waals surface area contributed by atoms with E-state index in [9.17, 15) is 13.2 Å². The second-order valence-corrected chi connectivity index (χ2v) is 8.70. The maximum Gasteiger partial charge on any atom is 0.175 e. The molecule has 0 fully saturated rings. The smallest absolute Gasteiger partial charge is 0.175 e. The number of hydrogen-bond acceptors (Lipinski definition) is 3. The molecule has 0 saturated carbocycles. The Bertz CT molecular complexity index is 993. The van der Waals surface area contributed by atoms with E-state index in [0.717, 1.165) is 39.7 Å². The van der Waals surface area contributed by atoms with E-state index in [4.69, 9.17) is 0 Å². The third-order valence-corrected chi connectivity index (χ3v) is 5.91. The Kier molecular flexibility index (Phi) is 4.00. The number of nitrogens with one attached hydrogen (secondary N) is 1. The van der Waals surface area contributed by atoms with Crippen LogP contribution < -0.4 is 0 Å². The summed E-state index contributed by atoms with van der Waals surface area (Å²) in [6.45, 7) is 7.82. The van der Waals surface area contributed by atoms with Gasteiger partial charge in [0, 0.05) is 29.3 Å². The fourth-order valence-corrected chi connectivity index (χ4v) is 3.84. The minimum atomic E-state index is -3.24. The molecule has 5 heteroatoms. The third-order valence-electron chi connectivity index (χ3n) is 4.80. The molecule has 0 radical (unpaired) electrons. The van der Waals surface area contributed by atoms with Gasteiger partial charge >= 0.3 is 0 Å². The Morgan fingerprint density at radius 2 is 1.96 bits per heavy atom. The van der Waals surface area contributed by atoms with Crippen molar-refractivity contribution in [1.29, 1.82) is 0 Å². The first-order valence-corrected chi connectivity index (χ1v) is 9.77. The summed E-state index contributed by atoms with van der Waals surface area (Å²) in [7, 11) is -3.24. The van der Waals surface area contributed by atoms with Crippen LogP contribution in [0.15, 0.2) is 46.9 Å². The number of fused-ring (bicyclic) bond motifs is 1. The topological polar surface area (TPSA) is 67.0 Å². The first kappa shape index (κ1) is 16.7. The van der Waals surface area contributed by atoms with Crippen molar-refractivity contribution in [2.75, 3.05) is 6.26 Å². The Balaban J connectivity index is 2.10. The summed E-state index contributed by atoms with van der Waals surface area (Å²) in [6, 6.07) is 6.96. The number of hydrogen-bond donors (Lipinski definition) is 1. The van der Waals surface area contributed by atoms with Crippen LogP contribution in [0.25, 0.3) is 16.5 Å². The fourth-order valence-electron chi connectivity index (χ4n) is 3.18. The fraction of sp³-hybridized carbons (Fsp3) is 0.316. The number of carbonyl (C=O) groups is 1. The van der Waals surface area contributed by atoms with Crippen molar-refractivity contribution < 1.29 is 13.2 Å². The maximum atomic E-state index is 12.3. The van der Waals surface area contributed by atoms with E-state index in [0.29, 0.717) is 11.3 Å². The number of Topliss-reactive ketones (excluding diaryl/α,β-unsaturated/α-hetero) is 1. The molecule has 1 aromatic carbocycles. The van der Waals surface area contributed by atoms with Gasteiger partial charge in [-0.15, -0.1) is 0 Å². The molecule has 1 heterocycles. The summed E-state index contributed by atoms with van der Waals surface area (Å²) < 4.78 is 23.4. The molecule has 0 amide bonds. The Labute approximate surface area is 142 Å². The van der Waals surface area contributed by atoms with Gasteiger partial charge in [0.1, 0.15) is 0 Å². The average molecular weight is 343 g/mol. The van der Waals surface area contributed by atoms with Crippen LogP contribution in [-0.2, 0) is 14.6 Å². The van der Waals surface area contributed by atoms with Crippen molar-refractivity contribution >= 4 is 32.1 Å². The van der Waals surface area contributed by atoms with Gasteiger partial charge in [-0.2, -0.15) is 0 Å². The standard InChI is InChI=1S/C19H21NO3S/c1-11(2)13-8-16(12(3)19(21)10-13)18-9-14-7-15(24(4,22)23)5-6-17(14)20-18/h5-7,9,13,20H,1,8,10H2,2-4H3. The van der Waals surface area contributed by atoms with Crippen molar-refractivity contribution in [3.63, 3.8) is 0 Å². The van der Waals surface area contributed by atoms with Crippen molar-refractivity contribution in [3.8, 4) is 0 Å². The molecule has 3 rings (SSSR count). The van der Waals surface area contributed by atoms with Gasteiger partial charge in [-0.1, -0.05) is 12.2 Å². The molecule has 1 unspecified atom stereocenters. The zero-order chi connectivity index (χ0) is 17.6. The van der Waals surface area contributed by atoms with Crippen LogP contribution in [0.5, 0.6) is 0 Å². The van der Waals surface area contributed by atoms with E-state index in [-0.39, 0.29) is 11.7 Å². The molecule has 0 aliphatic heterocycles. The van der Waals surface area contributed by atoms with Crippen LogP contribution in [0.1, 0.15) is 32.4 Å². The molecule has 1 aromatic heterocycles. The van der Waals surface area contributed by atoms with Gasteiger partial charge < -0.3 is 4.98 Å². The number of allylic oxidation sites excluding steroid dienone is 3. The van der Waals surface area contributed by atoms with Crippen LogP contribution in [0.3, 0.4) is 0 Å². The molecule has 2 aromatic rings. The SMILES string of the molecule is C=C(C)C1CC(=O)C(C)=C(c2cc3cc(S(C)(=O)=O)ccc3[nH]2)C1. The third kappa shape index (κ3) is 2.96. The van der Waals surface area contributed by atoms with Crippen molar-refractivity contribution in [1.82, 2.24) is 4.98 Å². The average Bonchev–Trinajstić information content (AvgIpc) is 2.91. The van der Waals surface area contributed by atoms with E-state index >= 15 is 0 Å². The molecule has 126 valence electrons. The van der Waals surface area contributed by atoms with Crippen LogP contribution >= 0.6 is 0 Å². The highest BCUT2D eigenvalue weighted by molar-refractivity contribution is 7.90. The van der Waals surface area contributed by atoms with E-state index in [1.54, 1.807) is 18.2 Å². The zero-order valence-electron chi connectivity index (χ0n) is 14.1. The molecular weight excluding hydrogens is 322 g/mol. The van der Waals surface area contributed by atoms with Crippen molar-refractivity contribution in [3.05, 3.63) is 47.7 Å². The van der Waals surface area contributed by atoms with E-state index in [1.807, 2.05) is 19.9 Å². The lowest BCUT2D eigenvalue weighted by Crippen LogP contribution is -2.18. The molecular formula is C19H21NO3S. The van der Waals surface area contributed by atoms with Gasteiger partial charge in [0.2, 0.25) is 0 Å². The molecule has 1 aliphatic rings. The van der Waals surface area contributed by atoms with Crippen LogP contribution in [0, 0.1) is 5.92 Å². The van der Waals surface area contributed by atoms with E-state index < -0.39 is 9.84 Å². The zero-order valence-corrected chi connectivity index (χ0v) is 15.0. The number of carbonyl (C=O) groups excluding carboxylic acids is 1. The number of sulfone groups is 1. The van der Waals surface area contributed by atoms with Gasteiger partial charge in [-0.3, -0.25) is 4.79 Å². The predicted octanol–water partition coefficient (Wildman–Crippen LogP) is 3.90. The molecule has 4 nitrogen and oxygen atoms in total. The summed E-state index contributed by atoms with van der Waals surface area (Å²) in [5.41, 5.74) is 4.54. The number of ketones is 1. The van der Waals surface area contributed by atoms with Crippen LogP contribution in [0.2, 0.25) is 0 Å². The molecule has 1 atom stereocenters. The van der Waals surface area contributed by atoms with Crippen molar-refractivity contribution in [2.45, 2.75) is 31.6 Å². The minimum Gasteiger partial charge on any atom is -0.355 e. The van der Waals surface area contributed by atoms with Gasteiger partial charge in [0.15, 0.2) is 15.6 Å². The van der Waals surface area contributed by atoms with Crippen LogP contribution in [-0.4, -0.2) is 25.4 Å². The first-order valence-electron chi connectivity index (χ1n) is 7.88. The Hall–Kier alpha value is -2.14. The highest BCUT2D eigenvalue weighted by atomic mass is 32.2. The normalized spacial score (nSPS) is 19.1. The lowest BCUT2D eigenvalue weighted by Gasteiger charge is -2.24. The Morgan fingerprint density at radius 3 is 2.58 bits per heavy atom. The first-order chi connectivity index (χ1) is 11.2. The second kappa shape index (κ2) is 5.74. The predicted molar refractivity (Wildman–Crippen MR) is 96.5 cm³/mol. The number of rotatable bonds is 3. The molecule has 0 spiro atoms. The quantitative estimate of drug-likeness (QED) is 0.860. The van der Waals surface area contributed by atoms with Crippen molar-refractivity contribution in [2.24, 2.45) is 5.92 Å². The summed E-state index contributed by atoms with van der Waals surface area (Å²) in [5.74, 6) is 0.314. The highest BCUT2D eigenvalue weighted by Crippen LogP contribution is 2.37. The van der Waals surface area contributed by atoms with E-state index in [1.165, 1.54) is 6.26 Å². The lowest BCUT2D eigenvalue weighted by atomic mass is 9.79. The maximum absolute atomic E-state index is 12.3. The molecule has 1 N–H and O–H groups in total. The number of aromatic nitrogens is 1. The molecule has 24 heavy (non-hydrogen) atoms. The monoisotopic (exact) mass is 343 g/mol. The summed E-state index contributed by atoms with van der Waals surface area (Å²) in [6.07, 6.45) is 2.49. The molecule has 0 bridgehead atoms. The lowest BCUT2D eigenvalue weighted by molar-refractivity contribution is -0.116. The summed E-state index contributed by atoms with van der Waals surface area (Å²) in [4.78, 5) is 15.9. The second-order valence-electron chi connectivity index (χ2n) is 6.68. The highest BCUT2D eigenvalue weighted by Gasteiger charge is 2.27. The number of H-pyrrole nitrogens is 1. The van der Waals surface area contributed by atoms with Gasteiger partial charge in [0.25, 0.3) is 0 Å². The van der Waals surface area contributed by atoms with Gasteiger partial charge in [0.05, 0.1) is 4.90 Å². The van der Waals surface area contributed by atoms with Gasteiger partial charge in [-0.25, -0.2) is 8.42 Å². The molecule has 0 saturated heterocycles. The Morgan fingerprint density at radius 1 is 1.25 bits per heavy atom. The van der Waals surface area contributed by atoms with E-state index in [2.05, 4.69) is 11.6 Å². The minimum absolute atomic E-state index is 0.153. The largest absolute Gasteiger partial charge is 0.355 e.